The van der Waals surface area contributed by atoms with Crippen molar-refractivity contribution in [3.05, 3.63) is 108 Å². The maximum absolute atomic E-state index is 5.51. The van der Waals surface area contributed by atoms with Gasteiger partial charge >= 0.3 is 0 Å². The van der Waals surface area contributed by atoms with Crippen molar-refractivity contribution in [2.24, 2.45) is 0 Å². The van der Waals surface area contributed by atoms with Crippen LogP contribution in [0.4, 0.5) is 11.5 Å². The van der Waals surface area contributed by atoms with Crippen LogP contribution in [0.25, 0.3) is 22.5 Å². The van der Waals surface area contributed by atoms with Gasteiger partial charge in [-0.25, -0.2) is 9.97 Å². The Kier molecular flexibility index (Phi) is 4.69. The van der Waals surface area contributed by atoms with Gasteiger partial charge in [0.1, 0.15) is 5.82 Å². The molecule has 4 heteroatoms. The molecule has 0 unspecified atom stereocenters. The van der Waals surface area contributed by atoms with E-state index in [9.17, 15) is 0 Å². The molecule has 0 atom stereocenters. The van der Waals surface area contributed by atoms with Gasteiger partial charge in [-0.1, -0.05) is 48.2 Å². The molecule has 1 N–H and O–H groups in total. The molecule has 5 rings (SSSR count). The SMILES string of the molecule is C(#Cc1ccc2nc(-c3ccco3)nc(Nc3ccccc3)c2c1)c1ccccc1. The van der Waals surface area contributed by atoms with E-state index in [0.29, 0.717) is 17.4 Å². The number of hydrogen-bond donors (Lipinski definition) is 1. The van der Waals surface area contributed by atoms with E-state index in [4.69, 9.17) is 9.40 Å². The molecule has 142 valence electrons. The van der Waals surface area contributed by atoms with Gasteiger partial charge in [0.2, 0.25) is 0 Å². The lowest BCUT2D eigenvalue weighted by molar-refractivity contribution is 0.577. The van der Waals surface area contributed by atoms with Gasteiger partial charge in [0.05, 0.1) is 11.8 Å². The quantitative estimate of drug-likeness (QED) is 0.384. The molecule has 2 aromatic heterocycles. The molecular weight excluding hydrogens is 370 g/mol. The molecule has 0 bridgehead atoms. The number of furan rings is 1. The zero-order valence-corrected chi connectivity index (χ0v) is 16.0. The predicted octanol–water partition coefficient (Wildman–Crippen LogP) is 6.03. The highest BCUT2D eigenvalue weighted by Gasteiger charge is 2.12. The highest BCUT2D eigenvalue weighted by atomic mass is 16.3. The minimum Gasteiger partial charge on any atom is -0.461 e. The predicted molar refractivity (Wildman–Crippen MR) is 119 cm³/mol. The largest absolute Gasteiger partial charge is 0.461 e. The minimum absolute atomic E-state index is 0.536. The summed E-state index contributed by atoms with van der Waals surface area (Å²) in [7, 11) is 0. The van der Waals surface area contributed by atoms with E-state index in [1.165, 1.54) is 0 Å². The van der Waals surface area contributed by atoms with Crippen LogP contribution in [0.1, 0.15) is 11.1 Å². The first-order chi connectivity index (χ1) is 14.8. The molecule has 0 spiro atoms. The third kappa shape index (κ3) is 3.78. The van der Waals surface area contributed by atoms with Crippen LogP contribution >= 0.6 is 0 Å². The summed E-state index contributed by atoms with van der Waals surface area (Å²) < 4.78 is 5.51. The Labute approximate surface area is 174 Å². The zero-order chi connectivity index (χ0) is 20.2. The molecule has 0 amide bonds. The fraction of sp³-hybridized carbons (Fsp3) is 0. The second-order valence-corrected chi connectivity index (χ2v) is 6.71. The van der Waals surface area contributed by atoms with Crippen molar-refractivity contribution in [3.8, 4) is 23.4 Å². The lowest BCUT2D eigenvalue weighted by Gasteiger charge is -2.10. The molecule has 5 aromatic rings. The van der Waals surface area contributed by atoms with Gasteiger partial charge in [-0.2, -0.15) is 0 Å². The number of rotatable bonds is 3. The number of benzene rings is 3. The molecule has 4 nitrogen and oxygen atoms in total. The zero-order valence-electron chi connectivity index (χ0n) is 16.0. The summed E-state index contributed by atoms with van der Waals surface area (Å²) in [5.74, 6) is 8.31. The standard InChI is InChI=1S/C26H17N3O/c1-3-8-19(9-4-1)13-14-20-15-16-23-22(18-20)25(27-21-10-5-2-6-11-21)29-26(28-23)24-12-7-17-30-24/h1-12,15-18H,(H,27,28,29). The Morgan fingerprint density at radius 2 is 1.47 bits per heavy atom. The maximum atomic E-state index is 5.51. The van der Waals surface area contributed by atoms with Crippen LogP contribution in [0.3, 0.4) is 0 Å². The van der Waals surface area contributed by atoms with Crippen LogP contribution in [0.2, 0.25) is 0 Å². The molecule has 0 aliphatic carbocycles. The molecule has 3 aromatic carbocycles. The second kappa shape index (κ2) is 7.94. The van der Waals surface area contributed by atoms with Crippen LogP contribution in [0.5, 0.6) is 0 Å². The highest BCUT2D eigenvalue weighted by molar-refractivity contribution is 5.93. The number of nitrogens with one attached hydrogen (secondary N) is 1. The van der Waals surface area contributed by atoms with Gasteiger partial charge in [-0.15, -0.1) is 0 Å². The van der Waals surface area contributed by atoms with Gasteiger partial charge in [-0.05, 0) is 54.6 Å². The van der Waals surface area contributed by atoms with Crippen LogP contribution in [-0.2, 0) is 0 Å². The van der Waals surface area contributed by atoms with Crippen LogP contribution < -0.4 is 5.32 Å². The molecule has 0 aliphatic rings. The summed E-state index contributed by atoms with van der Waals surface area (Å²) in [6.07, 6.45) is 1.62. The lowest BCUT2D eigenvalue weighted by Crippen LogP contribution is -1.99. The first-order valence-corrected chi connectivity index (χ1v) is 9.60. The third-order valence-electron chi connectivity index (χ3n) is 4.60. The number of fused-ring (bicyclic) bond motifs is 1. The Balaban J connectivity index is 1.61. The molecular formula is C26H17N3O. The van der Waals surface area contributed by atoms with Crippen molar-refractivity contribution in [2.75, 3.05) is 5.32 Å². The van der Waals surface area contributed by atoms with Crippen molar-refractivity contribution in [1.82, 2.24) is 9.97 Å². The fourth-order valence-corrected chi connectivity index (χ4v) is 3.14. The fourth-order valence-electron chi connectivity index (χ4n) is 3.14. The van der Waals surface area contributed by atoms with Gasteiger partial charge in [-0.3, -0.25) is 0 Å². The highest BCUT2D eigenvalue weighted by Crippen LogP contribution is 2.28. The first kappa shape index (κ1) is 17.7. The van der Waals surface area contributed by atoms with Gasteiger partial charge in [0, 0.05) is 22.2 Å². The van der Waals surface area contributed by atoms with Crippen molar-refractivity contribution < 1.29 is 4.42 Å². The third-order valence-corrected chi connectivity index (χ3v) is 4.60. The molecule has 0 radical (unpaired) electrons. The average molecular weight is 387 g/mol. The molecule has 0 saturated heterocycles. The van der Waals surface area contributed by atoms with Gasteiger partial charge in [0.25, 0.3) is 0 Å². The minimum atomic E-state index is 0.536. The molecule has 2 heterocycles. The van der Waals surface area contributed by atoms with E-state index >= 15 is 0 Å². The topological polar surface area (TPSA) is 51.0 Å². The van der Waals surface area contributed by atoms with E-state index in [1.54, 1.807) is 6.26 Å². The summed E-state index contributed by atoms with van der Waals surface area (Å²) in [6, 6.07) is 29.5. The number of para-hydroxylation sites is 1. The smallest absolute Gasteiger partial charge is 0.198 e. The second-order valence-electron chi connectivity index (χ2n) is 6.71. The Bertz CT molecular complexity index is 1350. The monoisotopic (exact) mass is 387 g/mol. The van der Waals surface area contributed by atoms with Crippen molar-refractivity contribution >= 4 is 22.4 Å². The summed E-state index contributed by atoms with van der Waals surface area (Å²) in [6.45, 7) is 0. The summed E-state index contributed by atoms with van der Waals surface area (Å²) in [4.78, 5) is 9.42. The van der Waals surface area contributed by atoms with Gasteiger partial charge < -0.3 is 9.73 Å². The van der Waals surface area contributed by atoms with Crippen molar-refractivity contribution in [3.63, 3.8) is 0 Å². The number of hydrogen-bond acceptors (Lipinski definition) is 4. The van der Waals surface area contributed by atoms with E-state index in [2.05, 4.69) is 22.1 Å². The Morgan fingerprint density at radius 1 is 0.700 bits per heavy atom. The molecule has 30 heavy (non-hydrogen) atoms. The van der Waals surface area contributed by atoms with E-state index in [0.717, 1.165) is 27.7 Å². The number of anilines is 2. The van der Waals surface area contributed by atoms with Crippen LogP contribution in [-0.4, -0.2) is 9.97 Å². The number of aromatic nitrogens is 2. The summed E-state index contributed by atoms with van der Waals surface area (Å²) in [5.41, 5.74) is 3.64. The van der Waals surface area contributed by atoms with E-state index in [-0.39, 0.29) is 0 Å². The lowest BCUT2D eigenvalue weighted by atomic mass is 10.1. The van der Waals surface area contributed by atoms with Crippen molar-refractivity contribution in [1.29, 1.82) is 0 Å². The summed E-state index contributed by atoms with van der Waals surface area (Å²) in [5, 5.41) is 4.31. The molecule has 0 fully saturated rings. The average Bonchev–Trinajstić information content (AvgIpc) is 3.34. The Morgan fingerprint density at radius 3 is 2.23 bits per heavy atom. The number of nitrogens with zero attached hydrogens (tertiary/aromatic N) is 2. The van der Waals surface area contributed by atoms with E-state index in [1.807, 2.05) is 91.0 Å². The molecule has 0 aliphatic heterocycles. The normalized spacial score (nSPS) is 10.4. The van der Waals surface area contributed by atoms with Crippen LogP contribution in [0, 0.1) is 11.8 Å². The van der Waals surface area contributed by atoms with Crippen molar-refractivity contribution in [2.45, 2.75) is 0 Å². The first-order valence-electron chi connectivity index (χ1n) is 9.60. The van der Waals surface area contributed by atoms with E-state index < -0.39 is 0 Å². The summed E-state index contributed by atoms with van der Waals surface area (Å²) >= 11 is 0. The van der Waals surface area contributed by atoms with Crippen LogP contribution in [0.15, 0.2) is 102 Å². The molecule has 0 saturated carbocycles. The Hall–Kier alpha value is -4.36. The van der Waals surface area contributed by atoms with Gasteiger partial charge in [0.15, 0.2) is 11.6 Å². The maximum Gasteiger partial charge on any atom is 0.198 e.